The summed E-state index contributed by atoms with van der Waals surface area (Å²) < 4.78 is 1.96. The van der Waals surface area contributed by atoms with Crippen molar-refractivity contribution >= 4 is 11.6 Å². The molecule has 0 aliphatic rings. The summed E-state index contributed by atoms with van der Waals surface area (Å²) in [5.74, 6) is 3.49. The van der Waals surface area contributed by atoms with Crippen molar-refractivity contribution in [3.63, 3.8) is 0 Å². The van der Waals surface area contributed by atoms with Gasteiger partial charge >= 0.3 is 0 Å². The molecule has 178 valence electrons. The number of aromatic nitrogens is 3. The van der Waals surface area contributed by atoms with E-state index in [9.17, 15) is 5.11 Å². The fourth-order valence-corrected chi connectivity index (χ4v) is 3.64. The number of benzene rings is 1. The van der Waals surface area contributed by atoms with Crippen molar-refractivity contribution in [3.05, 3.63) is 42.0 Å². The molecule has 0 aliphatic heterocycles. The number of para-hydroxylation sites is 1. The number of nitrogens with one attached hydrogen (secondary N) is 2. The molecule has 1 aromatic carbocycles. The number of nitrogens with zero attached hydrogens (tertiary/aromatic N) is 5. The van der Waals surface area contributed by atoms with Crippen molar-refractivity contribution < 1.29 is 5.11 Å². The van der Waals surface area contributed by atoms with Crippen LogP contribution in [0.2, 0.25) is 0 Å². The monoisotopic (exact) mass is 443 g/mol. The lowest BCUT2D eigenvalue weighted by molar-refractivity contribution is 0.243. The van der Waals surface area contributed by atoms with Crippen LogP contribution < -0.4 is 15.5 Å². The highest BCUT2D eigenvalue weighted by Crippen LogP contribution is 2.14. The van der Waals surface area contributed by atoms with Gasteiger partial charge in [-0.05, 0) is 50.2 Å². The Balaban J connectivity index is 1.93. The van der Waals surface area contributed by atoms with E-state index in [0.717, 1.165) is 56.5 Å². The second-order valence-electron chi connectivity index (χ2n) is 8.81. The Morgan fingerprint density at radius 2 is 1.94 bits per heavy atom. The van der Waals surface area contributed by atoms with Crippen molar-refractivity contribution in [2.24, 2.45) is 23.9 Å². The van der Waals surface area contributed by atoms with Crippen LogP contribution in [0.1, 0.15) is 44.8 Å². The van der Waals surface area contributed by atoms with Gasteiger partial charge < -0.3 is 25.2 Å². The number of anilines is 1. The Morgan fingerprint density at radius 3 is 2.56 bits per heavy atom. The van der Waals surface area contributed by atoms with E-state index in [2.05, 4.69) is 70.9 Å². The number of aryl methyl sites for hydroxylation is 1. The Labute approximate surface area is 193 Å². The van der Waals surface area contributed by atoms with Crippen LogP contribution in [0.15, 0.2) is 35.3 Å². The molecule has 1 unspecified atom stereocenters. The molecule has 0 amide bonds. The molecule has 3 N–H and O–H groups in total. The lowest BCUT2D eigenvalue weighted by atomic mass is 9.94. The Bertz CT molecular complexity index is 804. The van der Waals surface area contributed by atoms with E-state index in [1.54, 1.807) is 0 Å². The topological polar surface area (TPSA) is 90.6 Å². The van der Waals surface area contributed by atoms with Crippen LogP contribution in [0.4, 0.5) is 5.69 Å². The van der Waals surface area contributed by atoms with E-state index >= 15 is 0 Å². The third-order valence-corrected chi connectivity index (χ3v) is 5.62. The van der Waals surface area contributed by atoms with Gasteiger partial charge in [0.1, 0.15) is 12.4 Å². The molecule has 1 aromatic heterocycles. The molecule has 32 heavy (non-hydrogen) atoms. The standard InChI is InChI=1S/C24H41N7O/c1-19(2)16-21(12-15-32)17-26-24(27-18-23-29-28-20(3)31(23)5)25-13-9-14-30(4)22-10-7-6-8-11-22/h6-8,10-11,19,21,32H,9,12-18H2,1-5H3,(H2,25,26,27). The summed E-state index contributed by atoms with van der Waals surface area (Å²) >= 11 is 0. The van der Waals surface area contributed by atoms with Gasteiger partial charge in [-0.2, -0.15) is 0 Å². The first-order valence-corrected chi connectivity index (χ1v) is 11.6. The number of aliphatic imine (C=N–C) groups is 1. The lowest BCUT2D eigenvalue weighted by Crippen LogP contribution is -2.41. The molecule has 0 radical (unpaired) electrons. The normalized spacial score (nSPS) is 12.8. The van der Waals surface area contributed by atoms with Crippen LogP contribution >= 0.6 is 0 Å². The van der Waals surface area contributed by atoms with Gasteiger partial charge in [-0.3, -0.25) is 0 Å². The molecule has 0 spiro atoms. The summed E-state index contributed by atoms with van der Waals surface area (Å²) in [7, 11) is 4.07. The fourth-order valence-electron chi connectivity index (χ4n) is 3.64. The van der Waals surface area contributed by atoms with Crippen molar-refractivity contribution in [1.29, 1.82) is 0 Å². The van der Waals surface area contributed by atoms with Crippen LogP contribution in [-0.4, -0.2) is 59.1 Å². The summed E-state index contributed by atoms with van der Waals surface area (Å²) in [5, 5.41) is 24.7. The molecule has 1 heterocycles. The predicted octanol–water partition coefficient (Wildman–Crippen LogP) is 2.73. The summed E-state index contributed by atoms with van der Waals surface area (Å²) in [4.78, 5) is 7.01. The van der Waals surface area contributed by atoms with Crippen LogP contribution in [0, 0.1) is 18.8 Å². The van der Waals surface area contributed by atoms with E-state index in [1.165, 1.54) is 5.69 Å². The van der Waals surface area contributed by atoms with Crippen LogP contribution in [-0.2, 0) is 13.6 Å². The Morgan fingerprint density at radius 1 is 1.19 bits per heavy atom. The number of hydrogen-bond donors (Lipinski definition) is 3. The maximum atomic E-state index is 9.42. The van der Waals surface area contributed by atoms with Gasteiger partial charge in [-0.25, -0.2) is 4.99 Å². The highest BCUT2D eigenvalue weighted by Gasteiger charge is 2.12. The van der Waals surface area contributed by atoms with Crippen molar-refractivity contribution in [1.82, 2.24) is 25.4 Å². The molecule has 8 heteroatoms. The highest BCUT2D eigenvalue weighted by molar-refractivity contribution is 5.79. The Kier molecular flexibility index (Phi) is 11.0. The summed E-state index contributed by atoms with van der Waals surface area (Å²) in [6.07, 6.45) is 2.86. The second-order valence-corrected chi connectivity index (χ2v) is 8.81. The first kappa shape index (κ1) is 25.6. The highest BCUT2D eigenvalue weighted by atomic mass is 16.3. The molecular weight excluding hydrogens is 402 g/mol. The molecule has 0 aliphatic carbocycles. The number of guanidine groups is 1. The third kappa shape index (κ3) is 8.86. The largest absolute Gasteiger partial charge is 0.396 e. The molecule has 1 atom stereocenters. The molecule has 0 saturated carbocycles. The van der Waals surface area contributed by atoms with E-state index < -0.39 is 0 Å². The van der Waals surface area contributed by atoms with Gasteiger partial charge in [0, 0.05) is 46.0 Å². The van der Waals surface area contributed by atoms with Gasteiger partial charge in [0.2, 0.25) is 0 Å². The maximum Gasteiger partial charge on any atom is 0.191 e. The van der Waals surface area contributed by atoms with Gasteiger partial charge in [0.05, 0.1) is 0 Å². The minimum absolute atomic E-state index is 0.211. The minimum atomic E-state index is 0.211. The lowest BCUT2D eigenvalue weighted by Gasteiger charge is -2.22. The molecule has 0 saturated heterocycles. The summed E-state index contributed by atoms with van der Waals surface area (Å²) in [6, 6.07) is 10.4. The molecule has 2 aromatic rings. The van der Waals surface area contributed by atoms with E-state index in [1.807, 2.05) is 24.6 Å². The van der Waals surface area contributed by atoms with Gasteiger partial charge in [0.15, 0.2) is 11.8 Å². The van der Waals surface area contributed by atoms with E-state index in [0.29, 0.717) is 18.4 Å². The molecule has 2 rings (SSSR count). The molecular formula is C24H41N7O. The van der Waals surface area contributed by atoms with Gasteiger partial charge in [-0.1, -0.05) is 32.0 Å². The zero-order valence-electron chi connectivity index (χ0n) is 20.4. The smallest absolute Gasteiger partial charge is 0.191 e. The number of rotatable bonds is 13. The van der Waals surface area contributed by atoms with Crippen LogP contribution in [0.3, 0.4) is 0 Å². The van der Waals surface area contributed by atoms with E-state index in [-0.39, 0.29) is 6.61 Å². The summed E-state index contributed by atoms with van der Waals surface area (Å²) in [5.41, 5.74) is 1.22. The van der Waals surface area contributed by atoms with E-state index in [4.69, 9.17) is 4.99 Å². The zero-order valence-corrected chi connectivity index (χ0v) is 20.4. The fraction of sp³-hybridized carbons (Fsp3) is 0.625. The SMILES string of the molecule is Cc1nnc(CN=C(NCCCN(C)c2ccccc2)NCC(CCO)CC(C)C)n1C. The third-order valence-electron chi connectivity index (χ3n) is 5.62. The summed E-state index contributed by atoms with van der Waals surface area (Å²) in [6.45, 7) is 9.60. The van der Waals surface area contributed by atoms with Gasteiger partial charge in [-0.15, -0.1) is 10.2 Å². The quantitative estimate of drug-likeness (QED) is 0.251. The number of aliphatic hydroxyl groups is 1. The van der Waals surface area contributed by atoms with Crippen molar-refractivity contribution in [3.8, 4) is 0 Å². The van der Waals surface area contributed by atoms with Gasteiger partial charge in [0.25, 0.3) is 0 Å². The van der Waals surface area contributed by atoms with Crippen molar-refractivity contribution in [2.75, 3.05) is 38.2 Å². The number of hydrogen-bond acceptors (Lipinski definition) is 5. The maximum absolute atomic E-state index is 9.42. The predicted molar refractivity (Wildman–Crippen MR) is 132 cm³/mol. The minimum Gasteiger partial charge on any atom is -0.396 e. The first-order chi connectivity index (χ1) is 15.4. The second kappa shape index (κ2) is 13.7. The molecule has 0 fully saturated rings. The van der Waals surface area contributed by atoms with Crippen LogP contribution in [0.5, 0.6) is 0 Å². The zero-order chi connectivity index (χ0) is 23.3. The average molecular weight is 444 g/mol. The van der Waals surface area contributed by atoms with Crippen LogP contribution in [0.25, 0.3) is 0 Å². The number of aliphatic hydroxyl groups excluding tert-OH is 1. The van der Waals surface area contributed by atoms with Crippen molar-refractivity contribution in [2.45, 2.75) is 46.6 Å². The molecule has 0 bridgehead atoms. The molecule has 8 nitrogen and oxygen atoms in total. The first-order valence-electron chi connectivity index (χ1n) is 11.6. The Hall–Kier alpha value is -2.61. The average Bonchev–Trinajstić information content (AvgIpc) is 3.10.